The van der Waals surface area contributed by atoms with Crippen LogP contribution in [-0.4, -0.2) is 41.4 Å². The standard InChI is InChI=1S/C14H15BrF3NO2/c1-9-7-19(8-10(6-15)21-9)13(20)11-4-2-3-5-12(11)14(16,17)18/h2-5,9-10H,6-8H2,1H3. The van der Waals surface area contributed by atoms with Crippen LogP contribution >= 0.6 is 15.9 Å². The molecule has 1 aromatic rings. The minimum absolute atomic E-state index is 0.205. The van der Waals surface area contributed by atoms with E-state index in [0.717, 1.165) is 6.07 Å². The van der Waals surface area contributed by atoms with Crippen molar-refractivity contribution in [1.82, 2.24) is 4.90 Å². The Morgan fingerprint density at radius 2 is 2.05 bits per heavy atom. The van der Waals surface area contributed by atoms with Crippen molar-refractivity contribution in [2.75, 3.05) is 18.4 Å². The summed E-state index contributed by atoms with van der Waals surface area (Å²) in [6.07, 6.45) is -4.96. The fraction of sp³-hybridized carbons (Fsp3) is 0.500. The third-order valence-corrected chi connectivity index (χ3v) is 3.97. The summed E-state index contributed by atoms with van der Waals surface area (Å²) in [6, 6.07) is 4.87. The molecule has 1 aliphatic heterocycles. The molecule has 3 nitrogen and oxygen atoms in total. The van der Waals surface area contributed by atoms with Crippen LogP contribution in [0.5, 0.6) is 0 Å². The van der Waals surface area contributed by atoms with Gasteiger partial charge in [0.25, 0.3) is 5.91 Å². The lowest BCUT2D eigenvalue weighted by Crippen LogP contribution is -2.50. The number of ether oxygens (including phenoxy) is 1. The van der Waals surface area contributed by atoms with Gasteiger partial charge in [-0.2, -0.15) is 13.2 Å². The van der Waals surface area contributed by atoms with Crippen molar-refractivity contribution in [3.8, 4) is 0 Å². The zero-order valence-electron chi connectivity index (χ0n) is 11.4. The number of carbonyl (C=O) groups is 1. The molecule has 1 aliphatic rings. The first-order valence-electron chi connectivity index (χ1n) is 6.50. The Bertz CT molecular complexity index is 521. The second-order valence-corrected chi connectivity index (χ2v) is 5.62. The van der Waals surface area contributed by atoms with Gasteiger partial charge in [-0.15, -0.1) is 0 Å². The second-order valence-electron chi connectivity index (χ2n) is 4.98. The van der Waals surface area contributed by atoms with Crippen LogP contribution in [0.1, 0.15) is 22.8 Å². The van der Waals surface area contributed by atoms with Gasteiger partial charge in [0.2, 0.25) is 0 Å². The van der Waals surface area contributed by atoms with Crippen LogP contribution in [0.3, 0.4) is 0 Å². The molecule has 1 heterocycles. The monoisotopic (exact) mass is 365 g/mol. The van der Waals surface area contributed by atoms with Gasteiger partial charge in [-0.25, -0.2) is 0 Å². The third kappa shape index (κ3) is 3.77. The van der Waals surface area contributed by atoms with E-state index in [4.69, 9.17) is 4.74 Å². The predicted octanol–water partition coefficient (Wildman–Crippen LogP) is 3.33. The van der Waals surface area contributed by atoms with Gasteiger partial charge in [-0.3, -0.25) is 4.79 Å². The maximum Gasteiger partial charge on any atom is 0.417 e. The molecular formula is C14H15BrF3NO2. The molecule has 0 bridgehead atoms. The molecule has 1 aromatic carbocycles. The molecule has 116 valence electrons. The molecular weight excluding hydrogens is 351 g/mol. The van der Waals surface area contributed by atoms with E-state index < -0.39 is 17.6 Å². The molecule has 2 unspecified atom stereocenters. The molecule has 0 aliphatic carbocycles. The Morgan fingerprint density at radius 3 is 2.67 bits per heavy atom. The first-order chi connectivity index (χ1) is 9.82. The molecule has 0 spiro atoms. The number of amides is 1. The largest absolute Gasteiger partial charge is 0.417 e. The zero-order chi connectivity index (χ0) is 15.6. The van der Waals surface area contributed by atoms with E-state index >= 15 is 0 Å². The van der Waals surface area contributed by atoms with Gasteiger partial charge in [-0.1, -0.05) is 28.1 Å². The Balaban J connectivity index is 2.28. The first kappa shape index (κ1) is 16.3. The summed E-state index contributed by atoms with van der Waals surface area (Å²) in [4.78, 5) is 13.9. The van der Waals surface area contributed by atoms with Crippen LogP contribution in [0.2, 0.25) is 0 Å². The number of morpholine rings is 1. The normalized spacial score (nSPS) is 23.2. The van der Waals surface area contributed by atoms with Gasteiger partial charge in [0.05, 0.1) is 23.3 Å². The quantitative estimate of drug-likeness (QED) is 0.752. The Morgan fingerprint density at radius 1 is 1.38 bits per heavy atom. The number of alkyl halides is 4. The van der Waals surface area contributed by atoms with Crippen LogP contribution in [-0.2, 0) is 10.9 Å². The third-order valence-electron chi connectivity index (χ3n) is 3.25. The lowest BCUT2D eigenvalue weighted by Gasteiger charge is -2.36. The molecule has 1 fully saturated rings. The second kappa shape index (κ2) is 6.36. The van der Waals surface area contributed by atoms with Crippen LogP contribution < -0.4 is 0 Å². The first-order valence-corrected chi connectivity index (χ1v) is 7.62. The van der Waals surface area contributed by atoms with E-state index in [1.807, 2.05) is 0 Å². The highest BCUT2D eigenvalue weighted by atomic mass is 79.9. The molecule has 0 radical (unpaired) electrons. The van der Waals surface area contributed by atoms with Crippen molar-refractivity contribution in [3.63, 3.8) is 0 Å². The van der Waals surface area contributed by atoms with Crippen LogP contribution in [0.4, 0.5) is 13.2 Å². The Hall–Kier alpha value is -1.08. The lowest BCUT2D eigenvalue weighted by atomic mass is 10.0. The van der Waals surface area contributed by atoms with E-state index in [1.165, 1.54) is 23.1 Å². The molecule has 1 saturated heterocycles. The molecule has 0 aromatic heterocycles. The van der Waals surface area contributed by atoms with Crippen molar-refractivity contribution in [2.24, 2.45) is 0 Å². The van der Waals surface area contributed by atoms with Crippen molar-refractivity contribution < 1.29 is 22.7 Å². The lowest BCUT2D eigenvalue weighted by molar-refractivity contribution is -0.138. The van der Waals surface area contributed by atoms with E-state index in [2.05, 4.69) is 15.9 Å². The molecule has 2 atom stereocenters. The highest BCUT2D eigenvalue weighted by molar-refractivity contribution is 9.09. The van der Waals surface area contributed by atoms with Gasteiger partial charge in [-0.05, 0) is 19.1 Å². The smallest absolute Gasteiger partial charge is 0.371 e. The minimum atomic E-state index is -4.54. The highest BCUT2D eigenvalue weighted by Gasteiger charge is 2.37. The van der Waals surface area contributed by atoms with Crippen molar-refractivity contribution in [3.05, 3.63) is 35.4 Å². The summed E-state index contributed by atoms with van der Waals surface area (Å²) in [5.41, 5.74) is -1.21. The van der Waals surface area contributed by atoms with Gasteiger partial charge < -0.3 is 9.64 Å². The summed E-state index contributed by atoms with van der Waals surface area (Å²) >= 11 is 3.27. The fourth-order valence-corrected chi connectivity index (χ4v) is 2.74. The highest BCUT2D eigenvalue weighted by Crippen LogP contribution is 2.32. The topological polar surface area (TPSA) is 29.5 Å². The number of halogens is 4. The number of hydrogen-bond donors (Lipinski definition) is 0. The van der Waals surface area contributed by atoms with Gasteiger partial charge in [0, 0.05) is 18.4 Å². The average Bonchev–Trinajstić information content (AvgIpc) is 2.45. The fourth-order valence-electron chi connectivity index (χ4n) is 2.38. The van der Waals surface area contributed by atoms with Crippen molar-refractivity contribution in [2.45, 2.75) is 25.3 Å². The number of rotatable bonds is 2. The molecule has 7 heteroatoms. The van der Waals surface area contributed by atoms with Gasteiger partial charge in [0.15, 0.2) is 0 Å². The number of carbonyl (C=O) groups excluding carboxylic acids is 1. The minimum Gasteiger partial charge on any atom is -0.371 e. The summed E-state index contributed by atoms with van der Waals surface area (Å²) < 4.78 is 44.6. The van der Waals surface area contributed by atoms with Crippen LogP contribution in [0.15, 0.2) is 24.3 Å². The summed E-state index contributed by atoms with van der Waals surface area (Å²) in [5.74, 6) is -0.607. The number of benzene rings is 1. The zero-order valence-corrected chi connectivity index (χ0v) is 12.9. The van der Waals surface area contributed by atoms with E-state index in [9.17, 15) is 18.0 Å². The molecule has 0 N–H and O–H groups in total. The Labute approximate surface area is 129 Å². The molecule has 21 heavy (non-hydrogen) atoms. The maximum absolute atomic E-state index is 13.0. The number of hydrogen-bond acceptors (Lipinski definition) is 2. The maximum atomic E-state index is 13.0. The van der Waals surface area contributed by atoms with Gasteiger partial charge >= 0.3 is 6.18 Å². The number of nitrogens with zero attached hydrogens (tertiary/aromatic N) is 1. The van der Waals surface area contributed by atoms with Crippen LogP contribution in [0, 0.1) is 0 Å². The molecule has 2 rings (SSSR count). The van der Waals surface area contributed by atoms with Crippen LogP contribution in [0.25, 0.3) is 0 Å². The van der Waals surface area contributed by atoms with E-state index in [0.29, 0.717) is 5.33 Å². The van der Waals surface area contributed by atoms with E-state index in [-0.39, 0.29) is 30.9 Å². The summed E-state index contributed by atoms with van der Waals surface area (Å²) in [7, 11) is 0. The summed E-state index contributed by atoms with van der Waals surface area (Å²) in [5, 5.41) is 0.530. The Kier molecular flexibility index (Phi) is 4.93. The average molecular weight is 366 g/mol. The molecule has 0 saturated carbocycles. The molecule has 1 amide bonds. The van der Waals surface area contributed by atoms with Gasteiger partial charge in [0.1, 0.15) is 0 Å². The van der Waals surface area contributed by atoms with Crippen molar-refractivity contribution in [1.29, 1.82) is 0 Å². The van der Waals surface area contributed by atoms with E-state index in [1.54, 1.807) is 6.92 Å². The van der Waals surface area contributed by atoms with Crippen molar-refractivity contribution >= 4 is 21.8 Å². The predicted molar refractivity (Wildman–Crippen MR) is 75.5 cm³/mol. The summed E-state index contributed by atoms with van der Waals surface area (Å²) in [6.45, 7) is 2.36. The SMILES string of the molecule is CC1CN(C(=O)c2ccccc2C(F)(F)F)CC(CBr)O1.